The van der Waals surface area contributed by atoms with E-state index >= 15 is 0 Å². The van der Waals surface area contributed by atoms with Crippen LogP contribution in [0.4, 0.5) is 0 Å². The third-order valence-electron chi connectivity index (χ3n) is 4.78. The predicted octanol–water partition coefficient (Wildman–Crippen LogP) is 2.21. The summed E-state index contributed by atoms with van der Waals surface area (Å²) in [6, 6.07) is 8.13. The number of aromatic amines is 1. The first kappa shape index (κ1) is 19.9. The number of aromatic nitrogens is 3. The summed E-state index contributed by atoms with van der Waals surface area (Å²) < 4.78 is 5.16. The summed E-state index contributed by atoms with van der Waals surface area (Å²) >= 11 is 0. The number of hydrogen-bond donors (Lipinski definition) is 2. The molecule has 3 rings (SSSR count). The van der Waals surface area contributed by atoms with Crippen LogP contribution in [0.2, 0.25) is 0 Å². The maximum absolute atomic E-state index is 11.9. The Morgan fingerprint density at radius 1 is 1.36 bits per heavy atom. The molecule has 150 valence electrons. The van der Waals surface area contributed by atoms with E-state index in [1.807, 2.05) is 19.1 Å². The maximum atomic E-state index is 11.9. The van der Waals surface area contributed by atoms with Crippen LogP contribution in [0.5, 0.6) is 0 Å². The van der Waals surface area contributed by atoms with E-state index in [0.29, 0.717) is 13.2 Å². The number of nitrogens with zero attached hydrogens (tertiary/aromatic N) is 4. The number of guanidine groups is 1. The standard InChI is InChI=1S/C20H28N6O2/c1-3-21-20(26-10-8-16(9-11-26)19(27)28-4-2)22-13-15-6-5-7-17(12-15)18-23-14-24-25-18/h5-7,12,14,16H,3-4,8-11,13H2,1-2H3,(H,21,22)(H,23,24,25). The molecule has 2 N–H and O–H groups in total. The highest BCUT2D eigenvalue weighted by molar-refractivity contribution is 5.80. The molecule has 2 heterocycles. The fourth-order valence-electron chi connectivity index (χ4n) is 3.34. The van der Waals surface area contributed by atoms with Crippen LogP contribution in [0.1, 0.15) is 32.3 Å². The van der Waals surface area contributed by atoms with Crippen molar-refractivity contribution in [3.8, 4) is 11.4 Å². The molecule has 8 heteroatoms. The lowest BCUT2D eigenvalue weighted by Gasteiger charge is -2.33. The van der Waals surface area contributed by atoms with Gasteiger partial charge in [-0.25, -0.2) is 9.98 Å². The Bertz CT molecular complexity index is 782. The number of esters is 1. The highest BCUT2D eigenvalue weighted by Crippen LogP contribution is 2.19. The van der Waals surface area contributed by atoms with Crippen molar-refractivity contribution in [2.45, 2.75) is 33.2 Å². The van der Waals surface area contributed by atoms with Gasteiger partial charge in [0.15, 0.2) is 11.8 Å². The fourth-order valence-corrected chi connectivity index (χ4v) is 3.34. The van der Waals surface area contributed by atoms with Gasteiger partial charge < -0.3 is 15.0 Å². The van der Waals surface area contributed by atoms with Crippen molar-refractivity contribution in [1.29, 1.82) is 0 Å². The zero-order valence-electron chi connectivity index (χ0n) is 16.5. The van der Waals surface area contributed by atoms with Gasteiger partial charge in [0.25, 0.3) is 0 Å². The average Bonchev–Trinajstić information content (AvgIpc) is 3.27. The lowest BCUT2D eigenvalue weighted by Crippen LogP contribution is -2.46. The number of hydrogen-bond acceptors (Lipinski definition) is 5. The van der Waals surface area contributed by atoms with E-state index in [9.17, 15) is 4.79 Å². The van der Waals surface area contributed by atoms with Crippen LogP contribution in [-0.4, -0.2) is 58.3 Å². The number of aliphatic imine (C=N–C) groups is 1. The number of carbonyl (C=O) groups is 1. The monoisotopic (exact) mass is 384 g/mol. The minimum absolute atomic E-state index is 0.00216. The minimum atomic E-state index is -0.0756. The summed E-state index contributed by atoms with van der Waals surface area (Å²) in [7, 11) is 0. The number of benzene rings is 1. The summed E-state index contributed by atoms with van der Waals surface area (Å²) in [6.45, 7) is 7.32. The van der Waals surface area contributed by atoms with E-state index in [1.54, 1.807) is 0 Å². The van der Waals surface area contributed by atoms with Crippen molar-refractivity contribution >= 4 is 11.9 Å². The smallest absolute Gasteiger partial charge is 0.309 e. The van der Waals surface area contributed by atoms with Crippen molar-refractivity contribution in [2.24, 2.45) is 10.9 Å². The zero-order chi connectivity index (χ0) is 19.8. The molecule has 0 radical (unpaired) electrons. The topological polar surface area (TPSA) is 95.5 Å². The predicted molar refractivity (Wildman–Crippen MR) is 108 cm³/mol. The van der Waals surface area contributed by atoms with E-state index in [-0.39, 0.29) is 11.9 Å². The van der Waals surface area contributed by atoms with Crippen molar-refractivity contribution in [3.63, 3.8) is 0 Å². The van der Waals surface area contributed by atoms with E-state index in [0.717, 1.165) is 55.4 Å². The van der Waals surface area contributed by atoms with Gasteiger partial charge in [-0.15, -0.1) is 0 Å². The molecular formula is C20H28N6O2. The van der Waals surface area contributed by atoms with E-state index in [1.165, 1.54) is 6.33 Å². The fraction of sp³-hybridized carbons (Fsp3) is 0.500. The van der Waals surface area contributed by atoms with Gasteiger partial charge >= 0.3 is 5.97 Å². The quantitative estimate of drug-likeness (QED) is 0.450. The minimum Gasteiger partial charge on any atom is -0.466 e. The lowest BCUT2D eigenvalue weighted by atomic mass is 9.97. The molecule has 0 spiro atoms. The molecule has 1 aromatic carbocycles. The summed E-state index contributed by atoms with van der Waals surface area (Å²) in [5.41, 5.74) is 2.09. The molecule has 28 heavy (non-hydrogen) atoms. The van der Waals surface area contributed by atoms with Crippen LogP contribution in [0.25, 0.3) is 11.4 Å². The molecule has 1 aliphatic heterocycles. The molecule has 1 aliphatic rings. The lowest BCUT2D eigenvalue weighted by molar-refractivity contribution is -0.149. The summed E-state index contributed by atoms with van der Waals surface area (Å²) in [5, 5.41) is 10.2. The van der Waals surface area contributed by atoms with Crippen molar-refractivity contribution < 1.29 is 9.53 Å². The molecule has 0 atom stereocenters. The molecule has 0 unspecified atom stereocenters. The second kappa shape index (κ2) is 9.87. The van der Waals surface area contributed by atoms with Crippen LogP contribution in [0, 0.1) is 5.92 Å². The third kappa shape index (κ3) is 5.09. The van der Waals surface area contributed by atoms with Crippen molar-refractivity contribution in [1.82, 2.24) is 25.4 Å². The van der Waals surface area contributed by atoms with Crippen LogP contribution in [0.15, 0.2) is 35.6 Å². The summed E-state index contributed by atoms with van der Waals surface area (Å²) in [5.74, 6) is 1.56. The number of rotatable bonds is 6. The van der Waals surface area contributed by atoms with Crippen LogP contribution < -0.4 is 5.32 Å². The first-order chi connectivity index (χ1) is 13.7. The number of ether oxygens (including phenoxy) is 1. The second-order valence-corrected chi connectivity index (χ2v) is 6.72. The largest absolute Gasteiger partial charge is 0.466 e. The van der Waals surface area contributed by atoms with Crippen LogP contribution in [0.3, 0.4) is 0 Å². The zero-order valence-corrected chi connectivity index (χ0v) is 16.5. The van der Waals surface area contributed by atoms with E-state index in [2.05, 4.69) is 44.5 Å². The van der Waals surface area contributed by atoms with Gasteiger partial charge in [0, 0.05) is 25.2 Å². The average molecular weight is 384 g/mol. The van der Waals surface area contributed by atoms with Gasteiger partial charge in [0.05, 0.1) is 19.1 Å². The third-order valence-corrected chi connectivity index (χ3v) is 4.78. The molecule has 0 amide bonds. The molecule has 0 saturated carbocycles. The molecule has 0 aliphatic carbocycles. The second-order valence-electron chi connectivity index (χ2n) is 6.72. The van der Waals surface area contributed by atoms with Gasteiger partial charge in [0.2, 0.25) is 0 Å². The number of nitrogens with one attached hydrogen (secondary N) is 2. The van der Waals surface area contributed by atoms with Gasteiger partial charge in [-0.2, -0.15) is 5.10 Å². The van der Waals surface area contributed by atoms with Crippen molar-refractivity contribution in [2.75, 3.05) is 26.2 Å². The Kier molecular flexibility index (Phi) is 7.00. The van der Waals surface area contributed by atoms with Gasteiger partial charge in [-0.05, 0) is 38.3 Å². The van der Waals surface area contributed by atoms with Gasteiger partial charge in [-0.1, -0.05) is 18.2 Å². The van der Waals surface area contributed by atoms with Crippen LogP contribution in [-0.2, 0) is 16.1 Å². The number of H-pyrrole nitrogens is 1. The molecule has 0 bridgehead atoms. The molecule has 1 fully saturated rings. The summed E-state index contributed by atoms with van der Waals surface area (Å²) in [4.78, 5) is 23.2. The normalized spacial score (nSPS) is 15.5. The van der Waals surface area contributed by atoms with E-state index < -0.39 is 0 Å². The highest BCUT2D eigenvalue weighted by atomic mass is 16.5. The van der Waals surface area contributed by atoms with E-state index in [4.69, 9.17) is 9.73 Å². The van der Waals surface area contributed by atoms with Gasteiger partial charge in [0.1, 0.15) is 6.33 Å². The Balaban J connectivity index is 1.64. The Morgan fingerprint density at radius 3 is 2.86 bits per heavy atom. The Labute approximate surface area is 165 Å². The number of carbonyl (C=O) groups excluding carboxylic acids is 1. The molecule has 8 nitrogen and oxygen atoms in total. The number of likely N-dealkylation sites (tertiary alicyclic amines) is 1. The Morgan fingerprint density at radius 2 is 2.18 bits per heavy atom. The molecule has 1 saturated heterocycles. The first-order valence-corrected chi connectivity index (χ1v) is 9.85. The van der Waals surface area contributed by atoms with Crippen LogP contribution >= 0.6 is 0 Å². The molecule has 2 aromatic rings. The number of piperidine rings is 1. The SMILES string of the molecule is CCNC(=NCc1cccc(-c2ncn[nH]2)c1)N1CCC(C(=O)OCC)CC1. The Hall–Kier alpha value is -2.90. The highest BCUT2D eigenvalue weighted by Gasteiger charge is 2.27. The van der Waals surface area contributed by atoms with Gasteiger partial charge in [-0.3, -0.25) is 9.89 Å². The maximum Gasteiger partial charge on any atom is 0.309 e. The van der Waals surface area contributed by atoms with Crippen molar-refractivity contribution in [3.05, 3.63) is 36.2 Å². The summed E-state index contributed by atoms with van der Waals surface area (Å²) in [6.07, 6.45) is 3.10. The first-order valence-electron chi connectivity index (χ1n) is 9.85. The molecular weight excluding hydrogens is 356 g/mol. The molecule has 1 aromatic heterocycles.